The maximum atomic E-state index is 12.6. The van der Waals surface area contributed by atoms with Crippen molar-refractivity contribution in [3.8, 4) is 11.5 Å². The summed E-state index contributed by atoms with van der Waals surface area (Å²) in [7, 11) is 3.28. The minimum atomic E-state index is -0.167. The van der Waals surface area contributed by atoms with E-state index >= 15 is 0 Å². The fourth-order valence-electron chi connectivity index (χ4n) is 3.29. The highest BCUT2D eigenvalue weighted by molar-refractivity contribution is 5.46. The van der Waals surface area contributed by atoms with Crippen molar-refractivity contribution in [2.24, 2.45) is 0 Å². The van der Waals surface area contributed by atoms with Gasteiger partial charge in [0.05, 0.1) is 25.5 Å². The van der Waals surface area contributed by atoms with E-state index in [-0.39, 0.29) is 11.0 Å². The predicted octanol–water partition coefficient (Wildman–Crippen LogP) is 2.64. The van der Waals surface area contributed by atoms with Crippen molar-refractivity contribution in [2.75, 3.05) is 20.8 Å². The van der Waals surface area contributed by atoms with Gasteiger partial charge in [-0.05, 0) is 6.07 Å². The molecular formula is C20H27N3O3. The smallest absolute Gasteiger partial charge is 0.255 e. The molecule has 6 heteroatoms. The normalized spacial score (nSPS) is 14.8. The van der Waals surface area contributed by atoms with Gasteiger partial charge in [-0.1, -0.05) is 32.9 Å². The third kappa shape index (κ3) is 3.60. The summed E-state index contributed by atoms with van der Waals surface area (Å²) in [4.78, 5) is 22.5. The monoisotopic (exact) mass is 357 g/mol. The molecule has 1 aliphatic rings. The van der Waals surface area contributed by atoms with E-state index in [0.717, 1.165) is 47.1 Å². The summed E-state index contributed by atoms with van der Waals surface area (Å²) in [6.07, 6.45) is 0.772. The van der Waals surface area contributed by atoms with Crippen LogP contribution in [-0.4, -0.2) is 35.6 Å². The van der Waals surface area contributed by atoms with Gasteiger partial charge in [0.15, 0.2) is 11.5 Å². The third-order valence-electron chi connectivity index (χ3n) is 4.74. The summed E-state index contributed by atoms with van der Waals surface area (Å²) in [5.41, 5.74) is 2.55. The standard InChI is InChI=1S/C20H27N3O3/c1-20(2,3)19-21-15-9-10-23(12-14(15)18(24)22-19)11-13-7-6-8-16(25-4)17(13)26-5/h6-8H,9-12H2,1-5H3,(H,21,22,24). The van der Waals surface area contributed by atoms with Crippen molar-refractivity contribution in [3.63, 3.8) is 0 Å². The van der Waals surface area contributed by atoms with E-state index in [0.29, 0.717) is 13.1 Å². The Morgan fingerprint density at radius 2 is 2.00 bits per heavy atom. The molecule has 2 heterocycles. The van der Waals surface area contributed by atoms with Crippen LogP contribution in [0.4, 0.5) is 0 Å². The first-order valence-electron chi connectivity index (χ1n) is 8.88. The molecule has 1 aliphatic heterocycles. The number of hydrogen-bond donors (Lipinski definition) is 1. The Bertz CT molecular complexity index is 852. The summed E-state index contributed by atoms with van der Waals surface area (Å²) < 4.78 is 10.9. The van der Waals surface area contributed by atoms with Gasteiger partial charge in [-0.15, -0.1) is 0 Å². The number of aromatic amines is 1. The summed E-state index contributed by atoms with van der Waals surface area (Å²) in [5.74, 6) is 2.22. The lowest BCUT2D eigenvalue weighted by atomic mass is 9.95. The fourth-order valence-corrected chi connectivity index (χ4v) is 3.29. The molecule has 0 bridgehead atoms. The van der Waals surface area contributed by atoms with Gasteiger partial charge in [-0.3, -0.25) is 9.69 Å². The maximum absolute atomic E-state index is 12.6. The molecule has 0 atom stereocenters. The lowest BCUT2D eigenvalue weighted by molar-refractivity contribution is 0.236. The molecule has 1 N–H and O–H groups in total. The molecule has 2 aromatic rings. The highest BCUT2D eigenvalue weighted by Gasteiger charge is 2.25. The molecule has 0 saturated heterocycles. The van der Waals surface area contributed by atoms with Crippen LogP contribution in [0.2, 0.25) is 0 Å². The Balaban J connectivity index is 1.85. The van der Waals surface area contributed by atoms with E-state index in [1.54, 1.807) is 14.2 Å². The van der Waals surface area contributed by atoms with Gasteiger partial charge < -0.3 is 14.5 Å². The molecule has 0 unspecified atom stereocenters. The first-order chi connectivity index (χ1) is 12.3. The van der Waals surface area contributed by atoms with E-state index in [1.165, 1.54) is 0 Å². The van der Waals surface area contributed by atoms with Crippen molar-refractivity contribution in [2.45, 2.75) is 45.7 Å². The van der Waals surface area contributed by atoms with Crippen molar-refractivity contribution in [1.29, 1.82) is 0 Å². The van der Waals surface area contributed by atoms with Gasteiger partial charge in [0.25, 0.3) is 5.56 Å². The van der Waals surface area contributed by atoms with Crippen LogP contribution in [0.1, 0.15) is 43.4 Å². The average molecular weight is 357 g/mol. The quantitative estimate of drug-likeness (QED) is 0.911. The average Bonchev–Trinajstić information content (AvgIpc) is 2.61. The molecule has 0 spiro atoms. The van der Waals surface area contributed by atoms with Gasteiger partial charge in [0, 0.05) is 37.0 Å². The minimum Gasteiger partial charge on any atom is -0.493 e. The van der Waals surface area contributed by atoms with E-state index < -0.39 is 0 Å². The number of rotatable bonds is 4. The Kier molecular flexibility index (Phi) is 5.05. The highest BCUT2D eigenvalue weighted by Crippen LogP contribution is 2.32. The van der Waals surface area contributed by atoms with Gasteiger partial charge in [0.1, 0.15) is 5.82 Å². The Labute approximate surface area is 154 Å². The minimum absolute atomic E-state index is 0.0257. The molecular weight excluding hydrogens is 330 g/mol. The molecule has 0 radical (unpaired) electrons. The lowest BCUT2D eigenvalue weighted by Crippen LogP contribution is -2.37. The zero-order valence-corrected chi connectivity index (χ0v) is 16.2. The van der Waals surface area contributed by atoms with Crippen LogP contribution >= 0.6 is 0 Å². The van der Waals surface area contributed by atoms with Crippen LogP contribution in [0.15, 0.2) is 23.0 Å². The van der Waals surface area contributed by atoms with Gasteiger partial charge in [-0.2, -0.15) is 0 Å². The van der Waals surface area contributed by atoms with Crippen molar-refractivity contribution < 1.29 is 9.47 Å². The number of nitrogens with one attached hydrogen (secondary N) is 1. The lowest BCUT2D eigenvalue weighted by Gasteiger charge is -2.29. The number of nitrogens with zero attached hydrogens (tertiary/aromatic N) is 2. The van der Waals surface area contributed by atoms with Crippen molar-refractivity contribution in [3.05, 3.63) is 51.2 Å². The van der Waals surface area contributed by atoms with Crippen LogP contribution in [-0.2, 0) is 24.9 Å². The van der Waals surface area contributed by atoms with E-state index in [4.69, 9.17) is 14.5 Å². The van der Waals surface area contributed by atoms with Crippen molar-refractivity contribution >= 4 is 0 Å². The number of H-pyrrole nitrogens is 1. The topological polar surface area (TPSA) is 67.5 Å². The summed E-state index contributed by atoms with van der Waals surface area (Å²) in [5, 5.41) is 0. The first kappa shape index (κ1) is 18.5. The molecule has 1 aromatic carbocycles. The third-order valence-corrected chi connectivity index (χ3v) is 4.74. The van der Waals surface area contributed by atoms with Gasteiger partial charge >= 0.3 is 0 Å². The number of fused-ring (bicyclic) bond motifs is 1. The maximum Gasteiger partial charge on any atom is 0.255 e. The Morgan fingerprint density at radius 1 is 1.23 bits per heavy atom. The van der Waals surface area contributed by atoms with Crippen LogP contribution < -0.4 is 15.0 Å². The molecule has 3 rings (SSSR count). The zero-order valence-electron chi connectivity index (χ0n) is 16.2. The van der Waals surface area contributed by atoms with Gasteiger partial charge in [0.2, 0.25) is 0 Å². The molecule has 140 valence electrons. The van der Waals surface area contributed by atoms with Crippen molar-refractivity contribution in [1.82, 2.24) is 14.9 Å². The zero-order chi connectivity index (χ0) is 18.9. The Morgan fingerprint density at radius 3 is 2.65 bits per heavy atom. The van der Waals surface area contributed by atoms with Crippen LogP contribution in [0.5, 0.6) is 11.5 Å². The number of aromatic nitrogens is 2. The number of benzene rings is 1. The van der Waals surface area contributed by atoms with Crippen LogP contribution in [0, 0.1) is 0 Å². The highest BCUT2D eigenvalue weighted by atomic mass is 16.5. The number of para-hydroxylation sites is 1. The number of ether oxygens (including phenoxy) is 2. The van der Waals surface area contributed by atoms with Crippen LogP contribution in [0.3, 0.4) is 0 Å². The second-order valence-corrected chi connectivity index (χ2v) is 7.70. The van der Waals surface area contributed by atoms with E-state index in [1.807, 2.05) is 18.2 Å². The summed E-state index contributed by atoms with van der Waals surface area (Å²) in [6, 6.07) is 5.87. The van der Waals surface area contributed by atoms with Gasteiger partial charge in [-0.25, -0.2) is 4.98 Å². The van der Waals surface area contributed by atoms with E-state index in [9.17, 15) is 4.79 Å². The Hall–Kier alpha value is -2.34. The number of hydrogen-bond acceptors (Lipinski definition) is 5. The largest absolute Gasteiger partial charge is 0.493 e. The summed E-state index contributed by atoms with van der Waals surface area (Å²) >= 11 is 0. The molecule has 0 aliphatic carbocycles. The fraction of sp³-hybridized carbons (Fsp3) is 0.500. The second-order valence-electron chi connectivity index (χ2n) is 7.70. The summed E-state index contributed by atoms with van der Waals surface area (Å²) in [6.45, 7) is 8.31. The molecule has 0 fully saturated rings. The molecule has 26 heavy (non-hydrogen) atoms. The van der Waals surface area contributed by atoms with Crippen LogP contribution in [0.25, 0.3) is 0 Å². The molecule has 0 amide bonds. The molecule has 6 nitrogen and oxygen atoms in total. The molecule has 1 aromatic heterocycles. The van der Waals surface area contributed by atoms with E-state index in [2.05, 4.69) is 30.7 Å². The second kappa shape index (κ2) is 7.11. The first-order valence-corrected chi connectivity index (χ1v) is 8.88. The molecule has 0 saturated carbocycles. The predicted molar refractivity (Wildman–Crippen MR) is 101 cm³/mol. The SMILES string of the molecule is COc1cccc(CN2CCc3nc(C(C)(C)C)[nH]c(=O)c3C2)c1OC. The number of methoxy groups -OCH3 is 2.